The summed E-state index contributed by atoms with van der Waals surface area (Å²) in [6.45, 7) is 12.9. The molecule has 214 valence electrons. The van der Waals surface area contributed by atoms with E-state index in [1.54, 1.807) is 0 Å². The number of aryl methyl sites for hydroxylation is 1. The number of benzene rings is 2. The summed E-state index contributed by atoms with van der Waals surface area (Å²) in [7, 11) is 0. The molecule has 0 aliphatic heterocycles. The maximum Gasteiger partial charge on any atom is 0.330 e. The molecule has 0 saturated carbocycles. The van der Waals surface area contributed by atoms with Gasteiger partial charge in [0.25, 0.3) is 0 Å². The topological polar surface area (TPSA) is 108 Å². The van der Waals surface area contributed by atoms with Crippen LogP contribution in [0, 0.1) is 6.92 Å². The number of hydrogen-bond acceptors (Lipinski definition) is 10. The first-order valence-corrected chi connectivity index (χ1v) is 12.7. The predicted molar refractivity (Wildman–Crippen MR) is 145 cm³/mol. The van der Waals surface area contributed by atoms with Crippen molar-refractivity contribution in [1.82, 2.24) is 0 Å². The standard InChI is InChI=1S/C29H38O10/c1-4-27(30)37-19-15-33-11-10-32-14-18-36-25-8-9-26-24(22-25)7-6-23(3)29(26)39-21-17-35-13-12-34-16-20-38-28(31)5-2/h4-9,22H,1-2,10-21H2,3H3. The summed E-state index contributed by atoms with van der Waals surface area (Å²) in [5, 5.41) is 2.00. The van der Waals surface area contributed by atoms with E-state index in [-0.39, 0.29) is 13.2 Å². The molecule has 10 heteroatoms. The van der Waals surface area contributed by atoms with Crippen molar-refractivity contribution in [3.05, 3.63) is 61.2 Å². The lowest BCUT2D eigenvalue weighted by Crippen LogP contribution is -2.14. The Balaban J connectivity index is 1.61. The van der Waals surface area contributed by atoms with Gasteiger partial charge in [0, 0.05) is 17.5 Å². The van der Waals surface area contributed by atoms with E-state index in [0.29, 0.717) is 66.1 Å². The highest BCUT2D eigenvalue weighted by atomic mass is 16.6. The molecular weight excluding hydrogens is 508 g/mol. The van der Waals surface area contributed by atoms with Crippen molar-refractivity contribution >= 4 is 22.7 Å². The van der Waals surface area contributed by atoms with E-state index in [1.165, 1.54) is 0 Å². The Kier molecular flexibility index (Phi) is 16.0. The van der Waals surface area contributed by atoms with Crippen molar-refractivity contribution in [2.45, 2.75) is 6.92 Å². The Morgan fingerprint density at radius 3 is 1.67 bits per heavy atom. The Morgan fingerprint density at radius 2 is 1.13 bits per heavy atom. The van der Waals surface area contributed by atoms with Crippen LogP contribution in [0.3, 0.4) is 0 Å². The third kappa shape index (κ3) is 13.3. The monoisotopic (exact) mass is 546 g/mol. The molecule has 0 saturated heterocycles. The van der Waals surface area contributed by atoms with Crippen molar-refractivity contribution in [3.63, 3.8) is 0 Å². The van der Waals surface area contributed by atoms with Crippen LogP contribution in [-0.2, 0) is 38.0 Å². The molecule has 0 aliphatic rings. The van der Waals surface area contributed by atoms with Gasteiger partial charge >= 0.3 is 11.9 Å². The van der Waals surface area contributed by atoms with Gasteiger partial charge in [-0.05, 0) is 36.1 Å². The van der Waals surface area contributed by atoms with Crippen LogP contribution in [-0.4, -0.2) is 91.2 Å². The van der Waals surface area contributed by atoms with E-state index in [4.69, 9.17) is 37.9 Å². The van der Waals surface area contributed by atoms with Crippen LogP contribution in [0.2, 0.25) is 0 Å². The molecule has 2 aromatic rings. The second kappa shape index (κ2) is 19.6. The average Bonchev–Trinajstić information content (AvgIpc) is 2.95. The highest BCUT2D eigenvalue weighted by Gasteiger charge is 2.08. The number of hydrogen-bond donors (Lipinski definition) is 0. The summed E-state index contributed by atoms with van der Waals surface area (Å²) in [5.41, 5.74) is 1.03. The van der Waals surface area contributed by atoms with Gasteiger partial charge < -0.3 is 37.9 Å². The summed E-state index contributed by atoms with van der Waals surface area (Å²) >= 11 is 0. The normalized spacial score (nSPS) is 10.7. The molecule has 0 amide bonds. The number of carbonyl (C=O) groups is 2. The summed E-state index contributed by atoms with van der Waals surface area (Å²) in [6.07, 6.45) is 2.23. The van der Waals surface area contributed by atoms with Crippen LogP contribution < -0.4 is 9.47 Å². The van der Waals surface area contributed by atoms with Crippen molar-refractivity contribution in [3.8, 4) is 11.5 Å². The zero-order valence-corrected chi connectivity index (χ0v) is 22.5. The van der Waals surface area contributed by atoms with Gasteiger partial charge in [0.15, 0.2) is 0 Å². The Hall–Kier alpha value is -3.44. The third-order valence-corrected chi connectivity index (χ3v) is 5.13. The van der Waals surface area contributed by atoms with Crippen LogP contribution >= 0.6 is 0 Å². The minimum absolute atomic E-state index is 0.184. The summed E-state index contributed by atoms with van der Waals surface area (Å²) in [5.74, 6) is 0.618. The molecule has 0 aromatic heterocycles. The van der Waals surface area contributed by atoms with Crippen molar-refractivity contribution in [1.29, 1.82) is 0 Å². The molecule has 0 atom stereocenters. The highest BCUT2D eigenvalue weighted by Crippen LogP contribution is 2.32. The molecule has 0 spiro atoms. The van der Waals surface area contributed by atoms with Gasteiger partial charge in [0.2, 0.25) is 0 Å². The lowest BCUT2D eigenvalue weighted by molar-refractivity contribution is -0.140. The largest absolute Gasteiger partial charge is 0.491 e. The van der Waals surface area contributed by atoms with Crippen molar-refractivity contribution in [2.24, 2.45) is 0 Å². The fraction of sp³-hybridized carbons (Fsp3) is 0.448. The smallest absolute Gasteiger partial charge is 0.330 e. The fourth-order valence-corrected chi connectivity index (χ4v) is 3.26. The Labute approximate surface area is 229 Å². The molecule has 0 bridgehead atoms. The van der Waals surface area contributed by atoms with Crippen LogP contribution in [0.5, 0.6) is 11.5 Å². The lowest BCUT2D eigenvalue weighted by Gasteiger charge is -2.14. The predicted octanol–water partition coefficient (Wildman–Crippen LogP) is 3.43. The van der Waals surface area contributed by atoms with Gasteiger partial charge in [-0.25, -0.2) is 9.59 Å². The number of fused-ring (bicyclic) bond motifs is 1. The molecule has 0 heterocycles. The van der Waals surface area contributed by atoms with Crippen LogP contribution in [0.4, 0.5) is 0 Å². The highest BCUT2D eigenvalue weighted by molar-refractivity contribution is 5.90. The Bertz CT molecular complexity index is 1040. The van der Waals surface area contributed by atoms with Crippen molar-refractivity contribution < 1.29 is 47.5 Å². The maximum absolute atomic E-state index is 10.9. The van der Waals surface area contributed by atoms with Crippen LogP contribution in [0.25, 0.3) is 10.8 Å². The Morgan fingerprint density at radius 1 is 0.641 bits per heavy atom. The number of rotatable bonds is 22. The van der Waals surface area contributed by atoms with Crippen molar-refractivity contribution in [2.75, 3.05) is 79.3 Å². The minimum atomic E-state index is -0.466. The fourth-order valence-electron chi connectivity index (χ4n) is 3.26. The molecule has 2 aromatic carbocycles. The molecule has 39 heavy (non-hydrogen) atoms. The molecule has 2 rings (SSSR count). The molecule has 0 unspecified atom stereocenters. The molecule has 0 N–H and O–H groups in total. The SMILES string of the molecule is C=CC(=O)OCCOCCOCCOc1ccc2c(OCCOCCOCCOC(=O)C=C)c(C)ccc2c1. The first-order chi connectivity index (χ1) is 19.0. The number of esters is 2. The molecule has 10 nitrogen and oxygen atoms in total. The van der Waals surface area contributed by atoms with Crippen LogP contribution in [0.15, 0.2) is 55.6 Å². The molecule has 0 radical (unpaired) electrons. The molecular formula is C29H38O10. The van der Waals surface area contributed by atoms with E-state index in [1.807, 2.05) is 37.3 Å². The van der Waals surface area contributed by atoms with Gasteiger partial charge in [-0.2, -0.15) is 0 Å². The van der Waals surface area contributed by atoms with E-state index in [0.717, 1.165) is 40.0 Å². The van der Waals surface area contributed by atoms with E-state index in [2.05, 4.69) is 13.2 Å². The summed E-state index contributed by atoms with van der Waals surface area (Å²) in [6, 6.07) is 9.90. The minimum Gasteiger partial charge on any atom is -0.491 e. The first kappa shape index (κ1) is 31.8. The van der Waals surface area contributed by atoms with E-state index >= 15 is 0 Å². The van der Waals surface area contributed by atoms with Gasteiger partial charge in [-0.3, -0.25) is 0 Å². The molecule has 0 aliphatic carbocycles. The summed E-state index contributed by atoms with van der Waals surface area (Å²) < 4.78 is 43.2. The van der Waals surface area contributed by atoms with Gasteiger partial charge in [0.1, 0.15) is 37.9 Å². The zero-order valence-electron chi connectivity index (χ0n) is 22.5. The van der Waals surface area contributed by atoms with Gasteiger partial charge in [-0.15, -0.1) is 0 Å². The third-order valence-electron chi connectivity index (χ3n) is 5.13. The zero-order chi connectivity index (χ0) is 28.1. The number of carbonyl (C=O) groups excluding carboxylic acids is 2. The molecule has 0 fully saturated rings. The second-order valence-corrected chi connectivity index (χ2v) is 7.98. The second-order valence-electron chi connectivity index (χ2n) is 7.98. The average molecular weight is 547 g/mol. The van der Waals surface area contributed by atoms with Gasteiger partial charge in [0.05, 0.1) is 52.9 Å². The first-order valence-electron chi connectivity index (χ1n) is 12.7. The van der Waals surface area contributed by atoms with Crippen LogP contribution in [0.1, 0.15) is 5.56 Å². The lowest BCUT2D eigenvalue weighted by atomic mass is 10.1. The maximum atomic E-state index is 10.9. The van der Waals surface area contributed by atoms with Gasteiger partial charge in [-0.1, -0.05) is 25.3 Å². The van der Waals surface area contributed by atoms with E-state index < -0.39 is 11.9 Å². The number of ether oxygens (including phenoxy) is 8. The van der Waals surface area contributed by atoms with E-state index in [9.17, 15) is 9.59 Å². The summed E-state index contributed by atoms with van der Waals surface area (Å²) in [4.78, 5) is 21.8. The quantitative estimate of drug-likeness (QED) is 0.124.